The normalized spacial score (nSPS) is 32.3. The zero-order valence-electron chi connectivity index (χ0n) is 9.02. The van der Waals surface area contributed by atoms with E-state index in [4.69, 9.17) is 9.84 Å². The summed E-state index contributed by atoms with van der Waals surface area (Å²) in [5, 5.41) is 9.14. The smallest absolute Gasteiger partial charge is 0.152 e. The van der Waals surface area contributed by atoms with Crippen molar-refractivity contribution in [3.05, 3.63) is 0 Å². The average Bonchev–Trinajstić information content (AvgIpc) is 2.87. The topological polar surface area (TPSA) is 49.8 Å². The maximum Gasteiger partial charge on any atom is 0.152 e. The number of rotatable bonds is 4. The van der Waals surface area contributed by atoms with Crippen LogP contribution >= 0.6 is 0 Å². The predicted molar refractivity (Wildman–Crippen MR) is 55.6 cm³/mol. The summed E-state index contributed by atoms with van der Waals surface area (Å²) in [6, 6.07) is 0.205. The summed E-state index contributed by atoms with van der Waals surface area (Å²) >= 11 is 0. The molecule has 2 aliphatic heterocycles. The van der Waals surface area contributed by atoms with Crippen LogP contribution in [0.4, 0.5) is 0 Å². The number of carbonyl (C=O) groups excluding carboxylic acids is 1. The third-order valence-electron chi connectivity index (χ3n) is 3.45. The molecule has 2 atom stereocenters. The molecule has 1 N–H and O–H groups in total. The van der Waals surface area contributed by atoms with E-state index in [0.717, 1.165) is 32.4 Å². The number of hydrogen-bond donors (Lipinski definition) is 1. The first-order chi connectivity index (χ1) is 7.31. The van der Waals surface area contributed by atoms with Crippen LogP contribution in [0.2, 0.25) is 0 Å². The van der Waals surface area contributed by atoms with E-state index >= 15 is 0 Å². The molecule has 0 spiro atoms. The first kappa shape index (κ1) is 11.0. The summed E-state index contributed by atoms with van der Waals surface area (Å²) < 4.78 is 5.21. The summed E-state index contributed by atoms with van der Waals surface area (Å²) in [5.74, 6) is 0.387. The van der Waals surface area contributed by atoms with Crippen molar-refractivity contribution in [2.24, 2.45) is 5.92 Å². The van der Waals surface area contributed by atoms with Crippen LogP contribution in [0, 0.1) is 5.92 Å². The monoisotopic (exact) mass is 213 g/mol. The van der Waals surface area contributed by atoms with Gasteiger partial charge in [-0.1, -0.05) is 0 Å². The number of hydrogen-bond acceptors (Lipinski definition) is 4. The van der Waals surface area contributed by atoms with Gasteiger partial charge >= 0.3 is 0 Å². The summed E-state index contributed by atoms with van der Waals surface area (Å²) in [4.78, 5) is 14.0. The van der Waals surface area contributed by atoms with Crippen LogP contribution in [0.25, 0.3) is 0 Å². The van der Waals surface area contributed by atoms with Crippen molar-refractivity contribution in [1.29, 1.82) is 0 Å². The standard InChI is InChI=1S/C11H19NO3/c13-7-10-2-1-4-12(10)6-11(14)9-3-5-15-8-9/h9-10,13H,1-8H2. The Bertz CT molecular complexity index is 226. The van der Waals surface area contributed by atoms with Gasteiger partial charge in [0.15, 0.2) is 5.78 Å². The lowest BCUT2D eigenvalue weighted by Gasteiger charge is -2.22. The molecule has 0 aliphatic carbocycles. The Hall–Kier alpha value is -0.450. The van der Waals surface area contributed by atoms with Gasteiger partial charge in [0.1, 0.15) is 0 Å². The number of aliphatic hydroxyl groups is 1. The summed E-state index contributed by atoms with van der Waals surface area (Å²) in [7, 11) is 0. The minimum absolute atomic E-state index is 0.102. The van der Waals surface area contributed by atoms with Gasteiger partial charge in [0.2, 0.25) is 0 Å². The van der Waals surface area contributed by atoms with Gasteiger partial charge < -0.3 is 9.84 Å². The Kier molecular flexibility index (Phi) is 3.72. The van der Waals surface area contributed by atoms with Crippen molar-refractivity contribution in [3.8, 4) is 0 Å². The van der Waals surface area contributed by atoms with Gasteiger partial charge in [-0.15, -0.1) is 0 Å². The van der Waals surface area contributed by atoms with Crippen molar-refractivity contribution in [2.75, 3.05) is 32.9 Å². The third-order valence-corrected chi connectivity index (χ3v) is 3.45. The van der Waals surface area contributed by atoms with Crippen LogP contribution in [-0.4, -0.2) is 54.7 Å². The molecule has 2 fully saturated rings. The lowest BCUT2D eigenvalue weighted by molar-refractivity contribution is -0.124. The Morgan fingerprint density at radius 3 is 3.00 bits per heavy atom. The summed E-state index contributed by atoms with van der Waals surface area (Å²) in [6.07, 6.45) is 2.99. The highest BCUT2D eigenvalue weighted by atomic mass is 16.5. The van der Waals surface area contributed by atoms with E-state index in [9.17, 15) is 4.79 Å². The zero-order valence-corrected chi connectivity index (χ0v) is 9.02. The molecule has 0 bridgehead atoms. The minimum atomic E-state index is 0.102. The second-order valence-corrected chi connectivity index (χ2v) is 4.48. The van der Waals surface area contributed by atoms with Crippen LogP contribution in [-0.2, 0) is 9.53 Å². The van der Waals surface area contributed by atoms with Gasteiger partial charge in [0.25, 0.3) is 0 Å². The molecule has 0 radical (unpaired) electrons. The number of nitrogens with zero attached hydrogens (tertiary/aromatic N) is 1. The minimum Gasteiger partial charge on any atom is -0.395 e. The maximum absolute atomic E-state index is 11.9. The Morgan fingerprint density at radius 2 is 2.33 bits per heavy atom. The highest BCUT2D eigenvalue weighted by Crippen LogP contribution is 2.19. The molecule has 86 valence electrons. The quantitative estimate of drug-likeness (QED) is 0.717. The Labute approximate surface area is 90.2 Å². The first-order valence-electron chi connectivity index (χ1n) is 5.76. The lowest BCUT2D eigenvalue weighted by atomic mass is 10.0. The second-order valence-electron chi connectivity index (χ2n) is 4.48. The van der Waals surface area contributed by atoms with Crippen LogP contribution < -0.4 is 0 Å². The van der Waals surface area contributed by atoms with E-state index in [1.807, 2.05) is 0 Å². The van der Waals surface area contributed by atoms with Crippen molar-refractivity contribution in [2.45, 2.75) is 25.3 Å². The Balaban J connectivity index is 1.82. The maximum atomic E-state index is 11.9. The van der Waals surface area contributed by atoms with E-state index in [1.54, 1.807) is 0 Å². The Morgan fingerprint density at radius 1 is 1.47 bits per heavy atom. The van der Waals surface area contributed by atoms with E-state index in [-0.39, 0.29) is 24.3 Å². The highest BCUT2D eigenvalue weighted by molar-refractivity contribution is 5.83. The van der Waals surface area contributed by atoms with Gasteiger partial charge in [0, 0.05) is 18.6 Å². The summed E-state index contributed by atoms with van der Waals surface area (Å²) in [5.41, 5.74) is 0. The molecule has 2 rings (SSSR count). The molecular weight excluding hydrogens is 194 g/mol. The first-order valence-corrected chi connectivity index (χ1v) is 5.76. The molecule has 4 nitrogen and oxygen atoms in total. The number of carbonyl (C=O) groups is 1. The number of ether oxygens (including phenoxy) is 1. The molecule has 0 amide bonds. The fourth-order valence-electron chi connectivity index (χ4n) is 2.43. The molecular formula is C11H19NO3. The van der Waals surface area contributed by atoms with E-state index in [0.29, 0.717) is 13.2 Å². The number of aliphatic hydroxyl groups excluding tert-OH is 1. The van der Waals surface area contributed by atoms with Gasteiger partial charge in [-0.05, 0) is 25.8 Å². The molecule has 15 heavy (non-hydrogen) atoms. The zero-order chi connectivity index (χ0) is 10.7. The summed E-state index contributed by atoms with van der Waals surface area (Å²) in [6.45, 7) is 2.94. The molecule has 0 saturated carbocycles. The number of Topliss-reactive ketones (excluding diaryl/α,β-unsaturated/α-hetero) is 1. The molecule has 0 aromatic rings. The molecule has 2 unspecified atom stereocenters. The molecule has 2 heterocycles. The van der Waals surface area contributed by atoms with Gasteiger partial charge in [-0.25, -0.2) is 0 Å². The number of ketones is 1. The third kappa shape index (κ3) is 2.56. The van der Waals surface area contributed by atoms with Crippen LogP contribution in [0.15, 0.2) is 0 Å². The molecule has 2 aliphatic rings. The van der Waals surface area contributed by atoms with Gasteiger partial charge in [0.05, 0.1) is 19.8 Å². The van der Waals surface area contributed by atoms with Crippen molar-refractivity contribution >= 4 is 5.78 Å². The SMILES string of the molecule is O=C(CN1CCCC1CO)C1CCOC1. The fourth-order valence-corrected chi connectivity index (χ4v) is 2.43. The highest BCUT2D eigenvalue weighted by Gasteiger charge is 2.29. The van der Waals surface area contributed by atoms with Crippen LogP contribution in [0.1, 0.15) is 19.3 Å². The fraction of sp³-hybridized carbons (Fsp3) is 0.909. The molecule has 4 heteroatoms. The largest absolute Gasteiger partial charge is 0.395 e. The van der Waals surface area contributed by atoms with E-state index in [1.165, 1.54) is 0 Å². The molecule has 0 aromatic heterocycles. The lowest BCUT2D eigenvalue weighted by Crippen LogP contribution is -2.38. The molecule has 2 saturated heterocycles. The van der Waals surface area contributed by atoms with Crippen molar-refractivity contribution in [1.82, 2.24) is 4.90 Å². The second kappa shape index (κ2) is 5.05. The van der Waals surface area contributed by atoms with Gasteiger partial charge in [-0.2, -0.15) is 0 Å². The molecule has 0 aromatic carbocycles. The van der Waals surface area contributed by atoms with Gasteiger partial charge in [-0.3, -0.25) is 9.69 Å². The number of likely N-dealkylation sites (tertiary alicyclic amines) is 1. The van der Waals surface area contributed by atoms with E-state index in [2.05, 4.69) is 4.90 Å². The van der Waals surface area contributed by atoms with Crippen molar-refractivity contribution < 1.29 is 14.6 Å². The van der Waals surface area contributed by atoms with E-state index < -0.39 is 0 Å². The predicted octanol–water partition coefficient (Wildman–Crippen LogP) is 0.0487. The van der Waals surface area contributed by atoms with Crippen LogP contribution in [0.3, 0.4) is 0 Å². The average molecular weight is 213 g/mol. The van der Waals surface area contributed by atoms with Crippen molar-refractivity contribution in [3.63, 3.8) is 0 Å². The van der Waals surface area contributed by atoms with Crippen LogP contribution in [0.5, 0.6) is 0 Å².